The molecule has 3 saturated heterocycles. The fourth-order valence-corrected chi connectivity index (χ4v) is 10.7. The van der Waals surface area contributed by atoms with Gasteiger partial charge in [-0.25, -0.2) is 4.98 Å². The third-order valence-corrected chi connectivity index (χ3v) is 14.4. The van der Waals surface area contributed by atoms with E-state index in [1.165, 1.54) is 5.56 Å². The lowest BCUT2D eigenvalue weighted by Gasteiger charge is -2.35. The van der Waals surface area contributed by atoms with E-state index in [1.807, 2.05) is 36.4 Å². The molecule has 0 spiro atoms. The summed E-state index contributed by atoms with van der Waals surface area (Å²) >= 11 is 3.58. The Labute approximate surface area is 381 Å². The van der Waals surface area contributed by atoms with E-state index < -0.39 is 7.14 Å². The van der Waals surface area contributed by atoms with E-state index in [2.05, 4.69) is 86.3 Å². The minimum Gasteiger partial charge on any atom is -0.494 e. The summed E-state index contributed by atoms with van der Waals surface area (Å²) in [5, 5.41) is 16.6. The molecule has 0 aliphatic carbocycles. The van der Waals surface area contributed by atoms with Gasteiger partial charge in [-0.15, -0.1) is 0 Å². The Bertz CT molecular complexity index is 2600. The number of piperidine rings is 2. The van der Waals surface area contributed by atoms with Crippen LogP contribution in [0.25, 0.3) is 11.0 Å². The molecular weight excluding hydrogens is 897 g/mol. The molecule has 8 rings (SSSR count). The quantitative estimate of drug-likeness (QED) is 0.0452. The number of aryl methyl sites for hydroxylation is 1. The van der Waals surface area contributed by atoms with Crippen LogP contribution in [0.15, 0.2) is 71.6 Å². The molecule has 3 aromatic carbocycles. The Morgan fingerprint density at radius 1 is 0.938 bits per heavy atom. The number of aromatic nitrogens is 4. The number of benzene rings is 3. The van der Waals surface area contributed by atoms with Gasteiger partial charge in [-0.05, 0) is 103 Å². The number of methoxy groups -OCH3 is 1. The number of fused-ring (bicyclic) bond motifs is 1. The molecule has 0 saturated carbocycles. The Kier molecular flexibility index (Phi) is 13.8. The van der Waals surface area contributed by atoms with Gasteiger partial charge in [0.2, 0.25) is 23.7 Å². The highest BCUT2D eigenvalue weighted by Gasteiger charge is 2.31. The van der Waals surface area contributed by atoms with Gasteiger partial charge >= 0.3 is 0 Å². The van der Waals surface area contributed by atoms with Crippen LogP contribution in [0.2, 0.25) is 0 Å². The molecule has 3 aliphatic rings. The normalized spacial score (nSPS) is 18.3. The number of ether oxygens (including phenoxy) is 1. The second-order valence-electron chi connectivity index (χ2n) is 16.9. The Morgan fingerprint density at radius 2 is 1.73 bits per heavy atom. The predicted octanol–water partition coefficient (Wildman–Crippen LogP) is 6.21. The van der Waals surface area contributed by atoms with E-state index in [9.17, 15) is 18.9 Å². The van der Waals surface area contributed by atoms with Gasteiger partial charge in [0, 0.05) is 87.8 Å². The zero-order valence-corrected chi connectivity index (χ0v) is 39.1. The monoisotopic (exact) mass is 951 g/mol. The van der Waals surface area contributed by atoms with E-state index in [4.69, 9.17) is 9.72 Å². The van der Waals surface area contributed by atoms with Crippen LogP contribution in [-0.2, 0) is 25.4 Å². The van der Waals surface area contributed by atoms with E-state index >= 15 is 0 Å². The third-order valence-electron chi connectivity index (χ3n) is 12.3. The number of rotatable bonds is 15. The maximum atomic E-state index is 13.5. The van der Waals surface area contributed by atoms with Crippen molar-refractivity contribution >= 4 is 91.6 Å². The van der Waals surface area contributed by atoms with Crippen LogP contribution in [0.5, 0.6) is 5.75 Å². The number of carbonyl (C=O) groups is 3. The van der Waals surface area contributed by atoms with Gasteiger partial charge in [0.15, 0.2) is 0 Å². The fraction of sp³-hybridized carbons (Fsp3) is 0.413. The molecule has 18 heteroatoms. The number of carbonyl (C=O) groups excluding carboxylic acids is 3. The number of hydrogen-bond donors (Lipinski definition) is 5. The molecule has 64 heavy (non-hydrogen) atoms. The van der Waals surface area contributed by atoms with Crippen molar-refractivity contribution in [2.24, 2.45) is 5.92 Å². The van der Waals surface area contributed by atoms with Gasteiger partial charge in [0.05, 0.1) is 45.6 Å². The molecule has 2 atom stereocenters. The number of nitrogens with one attached hydrogen (secondary N) is 5. The smallest absolute Gasteiger partial charge is 0.234 e. The molecule has 5 aromatic rings. The second kappa shape index (κ2) is 19.6. The van der Waals surface area contributed by atoms with Crippen LogP contribution in [0.3, 0.4) is 0 Å². The van der Waals surface area contributed by atoms with Crippen LogP contribution in [-0.4, -0.2) is 103 Å². The lowest BCUT2D eigenvalue weighted by molar-refractivity contribution is -0.134. The maximum absolute atomic E-state index is 13.5. The summed E-state index contributed by atoms with van der Waals surface area (Å²) in [5.41, 5.74) is 6.84. The Hall–Kier alpha value is -5.64. The molecule has 2 aromatic heterocycles. The molecule has 3 fully saturated rings. The average molecular weight is 953 g/mol. The topological polar surface area (TPSA) is 196 Å². The van der Waals surface area contributed by atoms with Crippen molar-refractivity contribution in [1.29, 1.82) is 0 Å². The number of amides is 3. The van der Waals surface area contributed by atoms with Gasteiger partial charge in [0.1, 0.15) is 24.2 Å². The summed E-state index contributed by atoms with van der Waals surface area (Å²) in [6.07, 6.45) is 9.27. The lowest BCUT2D eigenvalue weighted by Crippen LogP contribution is -2.45. The fourth-order valence-electron chi connectivity index (χ4n) is 8.98. The average Bonchev–Trinajstić information content (AvgIpc) is 3.79. The molecule has 5 N–H and O–H groups in total. The van der Waals surface area contributed by atoms with Crippen molar-refractivity contribution in [2.75, 3.05) is 80.1 Å². The van der Waals surface area contributed by atoms with Gasteiger partial charge < -0.3 is 40.4 Å². The van der Waals surface area contributed by atoms with Crippen LogP contribution in [0, 0.1) is 5.92 Å². The van der Waals surface area contributed by atoms with Gasteiger partial charge in [-0.3, -0.25) is 29.7 Å². The summed E-state index contributed by atoms with van der Waals surface area (Å²) in [6.45, 7) is 10.00. The first kappa shape index (κ1) is 44.9. The van der Waals surface area contributed by atoms with Crippen molar-refractivity contribution < 1.29 is 23.7 Å². The van der Waals surface area contributed by atoms with Crippen molar-refractivity contribution in [3.63, 3.8) is 0 Å². The lowest BCUT2D eigenvalue weighted by atomic mass is 9.90. The molecule has 1 unspecified atom stereocenters. The van der Waals surface area contributed by atoms with Crippen molar-refractivity contribution in [3.05, 3.63) is 82.7 Å². The molecule has 16 nitrogen and oxygen atoms in total. The number of hydrogen-bond acceptors (Lipinski definition) is 14. The number of anilines is 6. The molecule has 336 valence electrons. The third kappa shape index (κ3) is 10.2. The summed E-state index contributed by atoms with van der Waals surface area (Å²) in [4.78, 5) is 60.1. The first-order chi connectivity index (χ1) is 30.9. The van der Waals surface area contributed by atoms with Crippen LogP contribution in [0.4, 0.5) is 34.5 Å². The summed E-state index contributed by atoms with van der Waals surface area (Å²) in [7, 11) is -1.12. The molecule has 0 bridgehead atoms. The summed E-state index contributed by atoms with van der Waals surface area (Å²) in [5.74, 6) is 0.700. The largest absolute Gasteiger partial charge is 0.494 e. The van der Waals surface area contributed by atoms with Crippen LogP contribution < -0.4 is 46.4 Å². The highest BCUT2D eigenvalue weighted by molar-refractivity contribution is 9.10. The minimum atomic E-state index is -2.78. The van der Waals surface area contributed by atoms with Gasteiger partial charge in [-0.1, -0.05) is 19.1 Å². The predicted molar refractivity (Wildman–Crippen MR) is 255 cm³/mol. The van der Waals surface area contributed by atoms with E-state index in [0.717, 1.165) is 67.9 Å². The molecule has 3 amide bonds. The van der Waals surface area contributed by atoms with E-state index in [-0.39, 0.29) is 29.6 Å². The number of halogens is 1. The zero-order valence-electron chi connectivity index (χ0n) is 36.6. The maximum Gasteiger partial charge on any atom is 0.234 e. The summed E-state index contributed by atoms with van der Waals surface area (Å²) in [6, 6.07) is 16.2. The van der Waals surface area contributed by atoms with Gasteiger partial charge in [0.25, 0.3) is 0 Å². The highest BCUT2D eigenvalue weighted by atomic mass is 79.9. The second-order valence-corrected chi connectivity index (χ2v) is 21.0. The summed E-state index contributed by atoms with van der Waals surface area (Å²) < 4.78 is 20.1. The van der Waals surface area contributed by atoms with Crippen molar-refractivity contribution in [2.45, 2.75) is 57.4 Å². The molecule has 3 aliphatic heterocycles. The van der Waals surface area contributed by atoms with Crippen LogP contribution in [0.1, 0.15) is 56.1 Å². The van der Waals surface area contributed by atoms with Crippen molar-refractivity contribution in [3.8, 4) is 5.75 Å². The number of imide groups is 1. The SMILES string of the molecule is CCc1cc(Nc2ncc(Br)c(Nc3ccc4nccnc4c3P(C)(C)=O)n2)c(OC)cc1N1CCC(NCCNC(=O)[C@H]2CCN(c3cccc(C4CCC(=O)NC4=O)c3)C2)CC1. The zero-order chi connectivity index (χ0) is 45.0. The Morgan fingerprint density at radius 3 is 2.50 bits per heavy atom. The Balaban J connectivity index is 0.828. The standard InChI is InChI=1S/C46H55BrN11O5P/c1-5-28-24-37(54-46-52-26-34(47)43(56-46)53-36-11-10-35-41(50-18-17-49-35)42(36)64(3,4)62)39(63-2)25-38(28)57-21-14-31(15-22-57)48-16-19-51-44(60)30-13-20-58(27-30)32-8-6-7-29(23-32)33-9-12-40(59)55-45(33)61/h6-8,10-11,17-18,23-26,30-31,33,48H,5,9,12-16,19-22,27H2,1-4H3,(H,51,60)(H,55,59,61)(H2,52,53,54,56)/t30-,33?/m0/s1. The van der Waals surface area contributed by atoms with Crippen molar-refractivity contribution in [1.82, 2.24) is 35.9 Å². The van der Waals surface area contributed by atoms with Gasteiger partial charge in [-0.2, -0.15) is 4.98 Å². The van der Waals surface area contributed by atoms with Crippen LogP contribution >= 0.6 is 23.1 Å². The molecule has 5 heterocycles. The minimum absolute atomic E-state index is 0.0691. The number of nitrogens with zero attached hydrogens (tertiary/aromatic N) is 6. The first-order valence-electron chi connectivity index (χ1n) is 21.9. The highest BCUT2D eigenvalue weighted by Crippen LogP contribution is 2.42. The van der Waals surface area contributed by atoms with E-state index in [1.54, 1.807) is 39.0 Å². The first-order valence-corrected chi connectivity index (χ1v) is 25.3. The molecular formula is C46H55BrN11O5P. The molecule has 0 radical (unpaired) electrons. The van der Waals surface area contributed by atoms with E-state index in [0.29, 0.717) is 82.5 Å².